The maximum Gasteiger partial charge on any atom is 0.306 e. The van der Waals surface area contributed by atoms with Crippen LogP contribution in [0.2, 0.25) is 0 Å². The zero-order chi connectivity index (χ0) is 43.8. The van der Waals surface area contributed by atoms with E-state index in [4.69, 9.17) is 14.2 Å². The summed E-state index contributed by atoms with van der Waals surface area (Å²) in [7, 11) is 0. The monoisotopic (exact) mass is 849 g/mol. The third-order valence-corrected chi connectivity index (χ3v) is 12.3. The van der Waals surface area contributed by atoms with Crippen molar-refractivity contribution in [3.05, 3.63) is 0 Å². The topological polar surface area (TPSA) is 78.9 Å². The molecule has 1 atom stereocenters. The van der Waals surface area contributed by atoms with Crippen LogP contribution in [0.3, 0.4) is 0 Å². The van der Waals surface area contributed by atoms with Crippen molar-refractivity contribution in [1.29, 1.82) is 0 Å². The van der Waals surface area contributed by atoms with E-state index in [9.17, 15) is 14.4 Å². The second-order valence-corrected chi connectivity index (χ2v) is 19.0. The van der Waals surface area contributed by atoms with Crippen LogP contribution in [0.5, 0.6) is 0 Å². The quantitative estimate of drug-likeness (QED) is 0.0345. The van der Waals surface area contributed by atoms with E-state index < -0.39 is 6.10 Å². The van der Waals surface area contributed by atoms with Crippen LogP contribution in [-0.4, -0.2) is 37.2 Å². The van der Waals surface area contributed by atoms with Crippen LogP contribution in [-0.2, 0) is 28.6 Å². The van der Waals surface area contributed by atoms with Gasteiger partial charge in [-0.1, -0.05) is 265 Å². The van der Waals surface area contributed by atoms with Crippen LogP contribution >= 0.6 is 0 Å². The fourth-order valence-corrected chi connectivity index (χ4v) is 8.22. The highest BCUT2D eigenvalue weighted by atomic mass is 16.6. The molecule has 0 saturated carbocycles. The second kappa shape index (κ2) is 48.4. The molecule has 0 aliphatic carbocycles. The molecule has 0 radical (unpaired) electrons. The van der Waals surface area contributed by atoms with E-state index in [1.165, 1.54) is 199 Å². The van der Waals surface area contributed by atoms with Crippen molar-refractivity contribution in [1.82, 2.24) is 0 Å². The maximum absolute atomic E-state index is 12.7. The fraction of sp³-hybridized carbons (Fsp3) is 0.944. The highest BCUT2D eigenvalue weighted by Gasteiger charge is 2.19. The highest BCUT2D eigenvalue weighted by molar-refractivity contribution is 5.71. The number of hydrogen-bond donors (Lipinski definition) is 0. The standard InChI is InChI=1S/C54H104O6/c1-5-7-9-11-13-15-16-17-19-23-26-30-33-37-41-45-52(55)58-48-51(60-54(57)47-43-39-35-28-14-12-10-8-6-2)49-59-53(56)46-42-38-34-31-27-24-21-18-20-22-25-29-32-36-40-44-50(3)4/h50-51H,5-49H2,1-4H3/t51-/m0/s1. The molecule has 0 amide bonds. The van der Waals surface area contributed by atoms with E-state index in [1.54, 1.807) is 0 Å². The summed E-state index contributed by atoms with van der Waals surface area (Å²) in [5, 5.41) is 0. The molecule has 356 valence electrons. The molecule has 0 aromatic heterocycles. The van der Waals surface area contributed by atoms with E-state index in [0.29, 0.717) is 19.3 Å². The van der Waals surface area contributed by atoms with Crippen LogP contribution < -0.4 is 0 Å². The van der Waals surface area contributed by atoms with Crippen molar-refractivity contribution >= 4 is 17.9 Å². The Bertz CT molecular complexity index is 903. The predicted octanol–water partition coefficient (Wildman–Crippen LogP) is 17.5. The molecule has 0 heterocycles. The van der Waals surface area contributed by atoms with E-state index in [-0.39, 0.29) is 31.1 Å². The number of hydrogen-bond acceptors (Lipinski definition) is 6. The first kappa shape index (κ1) is 58.4. The maximum atomic E-state index is 12.7. The minimum absolute atomic E-state index is 0.0626. The molecule has 0 aliphatic rings. The molecule has 0 fully saturated rings. The van der Waals surface area contributed by atoms with E-state index in [0.717, 1.165) is 63.7 Å². The summed E-state index contributed by atoms with van der Waals surface area (Å²) in [6, 6.07) is 0. The number of ether oxygens (including phenoxy) is 3. The minimum atomic E-state index is -0.760. The summed E-state index contributed by atoms with van der Waals surface area (Å²) in [5.41, 5.74) is 0. The molecule has 6 nitrogen and oxygen atoms in total. The van der Waals surface area contributed by atoms with Gasteiger partial charge >= 0.3 is 17.9 Å². The average molecular weight is 849 g/mol. The molecule has 0 rings (SSSR count). The van der Waals surface area contributed by atoms with E-state index in [2.05, 4.69) is 27.7 Å². The average Bonchev–Trinajstić information content (AvgIpc) is 3.23. The first-order chi connectivity index (χ1) is 29.4. The number of carbonyl (C=O) groups excluding carboxylic acids is 3. The molecular formula is C54H104O6. The molecular weight excluding hydrogens is 745 g/mol. The summed E-state index contributed by atoms with van der Waals surface area (Å²) in [6.45, 7) is 9.03. The predicted molar refractivity (Wildman–Crippen MR) is 257 cm³/mol. The largest absolute Gasteiger partial charge is 0.462 e. The molecule has 0 aromatic carbocycles. The smallest absolute Gasteiger partial charge is 0.306 e. The zero-order valence-corrected chi connectivity index (χ0v) is 40.9. The van der Waals surface area contributed by atoms with Gasteiger partial charge in [-0.25, -0.2) is 0 Å². The van der Waals surface area contributed by atoms with Crippen LogP contribution in [0, 0.1) is 5.92 Å². The number of esters is 3. The Hall–Kier alpha value is -1.59. The summed E-state index contributed by atoms with van der Waals surface area (Å²) >= 11 is 0. The Kier molecular flexibility index (Phi) is 47.2. The molecule has 0 unspecified atom stereocenters. The van der Waals surface area contributed by atoms with Crippen molar-refractivity contribution in [3.8, 4) is 0 Å². The zero-order valence-electron chi connectivity index (χ0n) is 40.9. The lowest BCUT2D eigenvalue weighted by atomic mass is 10.0. The number of rotatable bonds is 49. The van der Waals surface area contributed by atoms with Crippen LogP contribution in [0.15, 0.2) is 0 Å². The Morgan fingerprint density at radius 3 is 0.817 bits per heavy atom. The van der Waals surface area contributed by atoms with Gasteiger partial charge < -0.3 is 14.2 Å². The molecule has 0 saturated heterocycles. The van der Waals surface area contributed by atoms with Crippen LogP contribution in [0.1, 0.15) is 304 Å². The summed E-state index contributed by atoms with van der Waals surface area (Å²) in [6.07, 6.45) is 50.9. The van der Waals surface area contributed by atoms with Crippen molar-refractivity contribution in [2.75, 3.05) is 13.2 Å². The van der Waals surface area contributed by atoms with Crippen LogP contribution in [0.4, 0.5) is 0 Å². The third-order valence-electron chi connectivity index (χ3n) is 12.3. The lowest BCUT2D eigenvalue weighted by Gasteiger charge is -2.18. The minimum Gasteiger partial charge on any atom is -0.462 e. The fourth-order valence-electron chi connectivity index (χ4n) is 8.22. The van der Waals surface area contributed by atoms with Gasteiger partial charge in [-0.15, -0.1) is 0 Å². The van der Waals surface area contributed by atoms with Gasteiger partial charge in [0.05, 0.1) is 0 Å². The summed E-state index contributed by atoms with van der Waals surface area (Å²) < 4.78 is 16.8. The summed E-state index contributed by atoms with van der Waals surface area (Å²) in [5.74, 6) is 0.00524. The van der Waals surface area contributed by atoms with E-state index in [1.807, 2.05) is 0 Å². The highest BCUT2D eigenvalue weighted by Crippen LogP contribution is 2.17. The lowest BCUT2D eigenvalue weighted by molar-refractivity contribution is -0.167. The first-order valence-electron chi connectivity index (χ1n) is 26.9. The normalized spacial score (nSPS) is 11.9. The SMILES string of the molecule is CCCCCCCCCCCCCCCCCC(=O)OC[C@@H](COC(=O)CCCCCCCCCCCCCCCCCC(C)C)OC(=O)CCCCCCCCCCC. The Morgan fingerprint density at radius 2 is 0.550 bits per heavy atom. The molecule has 6 heteroatoms. The number of unbranched alkanes of at least 4 members (excludes halogenated alkanes) is 36. The van der Waals surface area contributed by atoms with Gasteiger partial charge in [0.15, 0.2) is 6.10 Å². The second-order valence-electron chi connectivity index (χ2n) is 19.0. The van der Waals surface area contributed by atoms with Gasteiger partial charge in [0.1, 0.15) is 13.2 Å². The van der Waals surface area contributed by atoms with Gasteiger partial charge in [0.25, 0.3) is 0 Å². The van der Waals surface area contributed by atoms with Crippen molar-refractivity contribution in [3.63, 3.8) is 0 Å². The van der Waals surface area contributed by atoms with Gasteiger partial charge in [-0.2, -0.15) is 0 Å². The van der Waals surface area contributed by atoms with Gasteiger partial charge in [-0.3, -0.25) is 14.4 Å². The van der Waals surface area contributed by atoms with Crippen LogP contribution in [0.25, 0.3) is 0 Å². The van der Waals surface area contributed by atoms with Crippen molar-refractivity contribution in [2.45, 2.75) is 310 Å². The van der Waals surface area contributed by atoms with E-state index >= 15 is 0 Å². The Balaban J connectivity index is 4.20. The molecule has 0 N–H and O–H groups in total. The molecule has 0 aliphatic heterocycles. The molecule has 60 heavy (non-hydrogen) atoms. The molecule has 0 spiro atoms. The Morgan fingerprint density at radius 1 is 0.317 bits per heavy atom. The first-order valence-corrected chi connectivity index (χ1v) is 26.9. The summed E-state index contributed by atoms with van der Waals surface area (Å²) in [4.78, 5) is 37.9. The lowest BCUT2D eigenvalue weighted by Crippen LogP contribution is -2.30. The van der Waals surface area contributed by atoms with Crippen molar-refractivity contribution < 1.29 is 28.6 Å². The van der Waals surface area contributed by atoms with Gasteiger partial charge in [-0.05, 0) is 25.2 Å². The molecule has 0 aromatic rings. The Labute approximate surface area is 374 Å². The number of carbonyl (C=O) groups is 3. The van der Waals surface area contributed by atoms with Gasteiger partial charge in [0.2, 0.25) is 0 Å². The third kappa shape index (κ3) is 47.5. The molecule has 0 bridgehead atoms. The van der Waals surface area contributed by atoms with Crippen molar-refractivity contribution in [2.24, 2.45) is 5.92 Å². The van der Waals surface area contributed by atoms with Gasteiger partial charge in [0, 0.05) is 19.3 Å².